The van der Waals surface area contributed by atoms with Crippen LogP contribution in [0, 0.1) is 0 Å². The number of rotatable bonds is 4. The van der Waals surface area contributed by atoms with E-state index in [2.05, 4.69) is 41.0 Å². The highest BCUT2D eigenvalue weighted by Crippen LogP contribution is 2.23. The molecule has 25 heavy (non-hydrogen) atoms. The van der Waals surface area contributed by atoms with Crippen LogP contribution in [0.4, 0.5) is 5.82 Å². The number of H-pyrrole nitrogens is 2. The average Bonchev–Trinajstić information content (AvgIpc) is 3.29. The number of nitrogens with zero attached hydrogens (tertiary/aromatic N) is 4. The SMILES string of the molecule is O=C(NNc1ncnc2nc[nH]c12)c1cn[nH]c1-c1ccc(Cl)cc1. The zero-order valence-corrected chi connectivity index (χ0v) is 13.4. The molecule has 1 aromatic carbocycles. The van der Waals surface area contributed by atoms with Crippen molar-refractivity contribution in [3.63, 3.8) is 0 Å². The molecule has 0 spiro atoms. The topological polar surface area (TPSA) is 124 Å². The summed E-state index contributed by atoms with van der Waals surface area (Å²) in [4.78, 5) is 27.5. The van der Waals surface area contributed by atoms with Gasteiger partial charge in [0, 0.05) is 10.6 Å². The number of anilines is 1. The highest BCUT2D eigenvalue weighted by Gasteiger charge is 2.16. The predicted octanol–water partition coefficient (Wildman–Crippen LogP) is 2.15. The summed E-state index contributed by atoms with van der Waals surface area (Å²) in [7, 11) is 0. The summed E-state index contributed by atoms with van der Waals surface area (Å²) in [6, 6.07) is 7.10. The van der Waals surface area contributed by atoms with E-state index in [-0.39, 0.29) is 5.91 Å². The molecule has 0 aliphatic heterocycles. The summed E-state index contributed by atoms with van der Waals surface area (Å²) < 4.78 is 0. The normalized spacial score (nSPS) is 10.8. The first-order valence-corrected chi connectivity index (χ1v) is 7.60. The van der Waals surface area contributed by atoms with E-state index in [4.69, 9.17) is 11.6 Å². The van der Waals surface area contributed by atoms with Crippen LogP contribution >= 0.6 is 11.6 Å². The van der Waals surface area contributed by atoms with Crippen LogP contribution in [-0.4, -0.2) is 36.0 Å². The number of hydrogen-bond acceptors (Lipinski definition) is 6. The second kappa shape index (κ2) is 6.21. The van der Waals surface area contributed by atoms with Gasteiger partial charge in [-0.3, -0.25) is 20.7 Å². The lowest BCUT2D eigenvalue weighted by atomic mass is 10.1. The lowest BCUT2D eigenvalue weighted by molar-refractivity contribution is 0.0963. The number of benzene rings is 1. The number of nitrogens with one attached hydrogen (secondary N) is 4. The number of hydrogen-bond donors (Lipinski definition) is 4. The summed E-state index contributed by atoms with van der Waals surface area (Å²) >= 11 is 5.90. The summed E-state index contributed by atoms with van der Waals surface area (Å²) in [5.41, 5.74) is 8.21. The summed E-state index contributed by atoms with van der Waals surface area (Å²) in [6.45, 7) is 0. The van der Waals surface area contributed by atoms with Crippen molar-refractivity contribution in [2.24, 2.45) is 0 Å². The van der Waals surface area contributed by atoms with Gasteiger partial charge in [-0.1, -0.05) is 23.7 Å². The molecule has 0 fully saturated rings. The molecule has 4 N–H and O–H groups in total. The molecule has 4 aromatic rings. The summed E-state index contributed by atoms with van der Waals surface area (Å²) in [5.74, 6) is 0.0392. The molecule has 0 aliphatic carbocycles. The van der Waals surface area contributed by atoms with E-state index in [1.54, 1.807) is 24.3 Å². The van der Waals surface area contributed by atoms with E-state index in [1.165, 1.54) is 18.9 Å². The Bertz CT molecular complexity index is 1040. The van der Waals surface area contributed by atoms with Gasteiger partial charge in [0.2, 0.25) is 0 Å². The van der Waals surface area contributed by atoms with E-state index >= 15 is 0 Å². The third kappa shape index (κ3) is 2.88. The number of amides is 1. The van der Waals surface area contributed by atoms with Crippen LogP contribution in [0.1, 0.15) is 10.4 Å². The van der Waals surface area contributed by atoms with Crippen LogP contribution in [0.5, 0.6) is 0 Å². The molecule has 3 aromatic heterocycles. The number of aromatic amines is 2. The summed E-state index contributed by atoms with van der Waals surface area (Å²) in [6.07, 6.45) is 4.31. The van der Waals surface area contributed by atoms with Gasteiger partial charge in [-0.05, 0) is 12.1 Å². The number of fused-ring (bicyclic) bond motifs is 1. The standard InChI is InChI=1S/C15H11ClN8O/c16-9-3-1-8(2-4-9)11-10(5-21-22-11)15(25)24-23-14-12-13(18-6-17-12)19-7-20-14/h1-7H,(H,21,22)(H,24,25)(H2,17,18,19,20,23). The monoisotopic (exact) mass is 354 g/mol. The molecule has 1 amide bonds. The molecule has 4 rings (SSSR count). The maximum Gasteiger partial charge on any atom is 0.273 e. The second-order valence-corrected chi connectivity index (χ2v) is 5.50. The predicted molar refractivity (Wildman–Crippen MR) is 91.8 cm³/mol. The highest BCUT2D eigenvalue weighted by atomic mass is 35.5. The van der Waals surface area contributed by atoms with Gasteiger partial charge in [-0.2, -0.15) is 5.10 Å². The molecular weight excluding hydrogens is 344 g/mol. The van der Waals surface area contributed by atoms with Crippen molar-refractivity contribution >= 4 is 34.5 Å². The van der Waals surface area contributed by atoms with Crippen LogP contribution in [0.15, 0.2) is 43.1 Å². The quantitative estimate of drug-likeness (QED) is 0.416. The first-order chi connectivity index (χ1) is 12.2. The zero-order valence-electron chi connectivity index (χ0n) is 12.6. The molecule has 0 atom stereocenters. The molecule has 124 valence electrons. The van der Waals surface area contributed by atoms with Crippen molar-refractivity contribution < 1.29 is 4.79 Å². The van der Waals surface area contributed by atoms with Crippen molar-refractivity contribution in [2.75, 3.05) is 5.43 Å². The van der Waals surface area contributed by atoms with Crippen LogP contribution in [0.25, 0.3) is 22.4 Å². The van der Waals surface area contributed by atoms with Crippen molar-refractivity contribution in [1.82, 2.24) is 35.6 Å². The molecule has 0 saturated carbocycles. The highest BCUT2D eigenvalue weighted by molar-refractivity contribution is 6.30. The Morgan fingerprint density at radius 1 is 1.12 bits per heavy atom. The smallest absolute Gasteiger partial charge is 0.273 e. The molecule has 0 bridgehead atoms. The molecule has 9 nitrogen and oxygen atoms in total. The largest absolute Gasteiger partial charge is 0.340 e. The fourth-order valence-corrected chi connectivity index (χ4v) is 2.46. The van der Waals surface area contributed by atoms with Gasteiger partial charge in [0.05, 0.1) is 23.8 Å². The Kier molecular flexibility index (Phi) is 3.75. The van der Waals surface area contributed by atoms with E-state index in [0.717, 1.165) is 5.56 Å². The molecule has 0 saturated heterocycles. The minimum absolute atomic E-state index is 0.370. The third-order valence-corrected chi connectivity index (χ3v) is 3.79. The Hall–Kier alpha value is -3.46. The first kappa shape index (κ1) is 15.1. The molecule has 0 aliphatic rings. The van der Waals surface area contributed by atoms with Gasteiger partial charge >= 0.3 is 0 Å². The van der Waals surface area contributed by atoms with Gasteiger partial charge in [0.25, 0.3) is 5.91 Å². The molecule has 0 unspecified atom stereocenters. The number of hydrazine groups is 1. The van der Waals surface area contributed by atoms with Gasteiger partial charge in [0.1, 0.15) is 11.8 Å². The van der Waals surface area contributed by atoms with Gasteiger partial charge < -0.3 is 4.98 Å². The molecule has 10 heteroatoms. The first-order valence-electron chi connectivity index (χ1n) is 7.22. The van der Waals surface area contributed by atoms with Gasteiger partial charge in [-0.15, -0.1) is 0 Å². The van der Waals surface area contributed by atoms with Crippen molar-refractivity contribution in [3.05, 3.63) is 53.7 Å². The van der Waals surface area contributed by atoms with E-state index in [9.17, 15) is 4.79 Å². The minimum atomic E-state index is -0.370. The number of carbonyl (C=O) groups excluding carboxylic acids is 1. The van der Waals surface area contributed by atoms with E-state index in [1.807, 2.05) is 0 Å². The fourth-order valence-electron chi connectivity index (χ4n) is 2.34. The number of aromatic nitrogens is 6. The average molecular weight is 355 g/mol. The number of halogens is 1. The molecular formula is C15H11ClN8O. The zero-order chi connectivity index (χ0) is 17.2. The Morgan fingerprint density at radius 2 is 1.96 bits per heavy atom. The van der Waals surface area contributed by atoms with Crippen LogP contribution < -0.4 is 10.9 Å². The van der Waals surface area contributed by atoms with Crippen molar-refractivity contribution in [3.8, 4) is 11.3 Å². The minimum Gasteiger partial charge on any atom is -0.340 e. The van der Waals surface area contributed by atoms with Gasteiger partial charge in [0.15, 0.2) is 11.5 Å². The lowest BCUT2D eigenvalue weighted by Crippen LogP contribution is -2.30. The third-order valence-electron chi connectivity index (χ3n) is 3.53. The van der Waals surface area contributed by atoms with Crippen molar-refractivity contribution in [1.29, 1.82) is 0 Å². The maximum absolute atomic E-state index is 12.5. The van der Waals surface area contributed by atoms with Crippen LogP contribution in [0.2, 0.25) is 5.02 Å². The van der Waals surface area contributed by atoms with Crippen LogP contribution in [-0.2, 0) is 0 Å². The molecule has 3 heterocycles. The summed E-state index contributed by atoms with van der Waals surface area (Å²) in [5, 5.41) is 7.39. The molecule has 0 radical (unpaired) electrons. The van der Waals surface area contributed by atoms with Crippen molar-refractivity contribution in [2.45, 2.75) is 0 Å². The second-order valence-electron chi connectivity index (χ2n) is 5.07. The number of imidazole rings is 1. The Balaban J connectivity index is 1.55. The van der Waals surface area contributed by atoms with E-state index < -0.39 is 0 Å². The van der Waals surface area contributed by atoms with E-state index in [0.29, 0.717) is 33.3 Å². The van der Waals surface area contributed by atoms with Crippen LogP contribution in [0.3, 0.4) is 0 Å². The van der Waals surface area contributed by atoms with Gasteiger partial charge in [-0.25, -0.2) is 15.0 Å². The number of carbonyl (C=O) groups is 1. The fraction of sp³-hybridized carbons (Fsp3) is 0. The Labute approximate surface area is 145 Å². The lowest BCUT2D eigenvalue weighted by Gasteiger charge is -2.08. The Morgan fingerprint density at radius 3 is 2.80 bits per heavy atom. The maximum atomic E-state index is 12.5.